The Labute approximate surface area is 136 Å². The van der Waals surface area contributed by atoms with Crippen molar-refractivity contribution in [1.29, 1.82) is 0 Å². The van der Waals surface area contributed by atoms with E-state index < -0.39 is 0 Å². The van der Waals surface area contributed by atoms with Crippen LogP contribution in [0.5, 0.6) is 5.75 Å². The van der Waals surface area contributed by atoms with E-state index in [0.29, 0.717) is 10.8 Å². The fourth-order valence-electron chi connectivity index (χ4n) is 2.28. The van der Waals surface area contributed by atoms with E-state index in [0.717, 1.165) is 16.7 Å². The van der Waals surface area contributed by atoms with Gasteiger partial charge in [-0.1, -0.05) is 29.8 Å². The monoisotopic (exact) mass is 317 g/mol. The van der Waals surface area contributed by atoms with Crippen molar-refractivity contribution in [3.63, 3.8) is 0 Å². The molecule has 4 heteroatoms. The average Bonchev–Trinajstić information content (AvgIpc) is 2.45. The number of carbonyl (C=O) groups is 1. The largest absolute Gasteiger partial charge is 0.484 e. The SMILES string of the molecule is Cc1cc(C)cc(OCC(=O)N[C@H](C)c2ccc(Cl)cc2)c1. The van der Waals surface area contributed by atoms with Gasteiger partial charge in [-0.25, -0.2) is 0 Å². The Hall–Kier alpha value is -2.00. The van der Waals surface area contributed by atoms with Crippen molar-refractivity contribution >= 4 is 17.5 Å². The quantitative estimate of drug-likeness (QED) is 0.897. The fraction of sp³-hybridized carbons (Fsp3) is 0.278. The lowest BCUT2D eigenvalue weighted by molar-refractivity contribution is -0.123. The Kier molecular flexibility index (Phi) is 5.45. The smallest absolute Gasteiger partial charge is 0.258 e. The van der Waals surface area contributed by atoms with Gasteiger partial charge in [0.05, 0.1) is 6.04 Å². The van der Waals surface area contributed by atoms with Crippen LogP contribution in [-0.2, 0) is 4.79 Å². The molecule has 0 aromatic heterocycles. The summed E-state index contributed by atoms with van der Waals surface area (Å²) in [5.74, 6) is 0.563. The molecule has 1 amide bonds. The number of hydrogen-bond acceptors (Lipinski definition) is 2. The Morgan fingerprint density at radius 2 is 1.73 bits per heavy atom. The average molecular weight is 318 g/mol. The molecule has 0 unspecified atom stereocenters. The van der Waals surface area contributed by atoms with Crippen molar-refractivity contribution in [2.45, 2.75) is 26.8 Å². The Morgan fingerprint density at radius 3 is 2.32 bits per heavy atom. The van der Waals surface area contributed by atoms with Crippen LogP contribution in [-0.4, -0.2) is 12.5 Å². The summed E-state index contributed by atoms with van der Waals surface area (Å²) < 4.78 is 5.55. The minimum atomic E-state index is -0.151. The molecule has 2 rings (SSSR count). The molecule has 2 aromatic rings. The number of carbonyl (C=O) groups excluding carboxylic acids is 1. The van der Waals surface area contributed by atoms with Gasteiger partial charge in [0.25, 0.3) is 5.91 Å². The van der Waals surface area contributed by atoms with Crippen LogP contribution in [0.1, 0.15) is 29.7 Å². The van der Waals surface area contributed by atoms with E-state index in [1.807, 2.05) is 57.2 Å². The predicted molar refractivity (Wildman–Crippen MR) is 89.4 cm³/mol. The maximum atomic E-state index is 12.0. The Morgan fingerprint density at radius 1 is 1.14 bits per heavy atom. The summed E-state index contributed by atoms with van der Waals surface area (Å²) >= 11 is 5.86. The first kappa shape index (κ1) is 16.4. The van der Waals surface area contributed by atoms with Gasteiger partial charge in [0, 0.05) is 5.02 Å². The number of halogens is 1. The molecular weight excluding hydrogens is 298 g/mol. The first-order valence-electron chi connectivity index (χ1n) is 7.20. The van der Waals surface area contributed by atoms with E-state index in [9.17, 15) is 4.79 Å². The highest BCUT2D eigenvalue weighted by molar-refractivity contribution is 6.30. The highest BCUT2D eigenvalue weighted by Crippen LogP contribution is 2.17. The van der Waals surface area contributed by atoms with Crippen molar-refractivity contribution in [1.82, 2.24) is 5.32 Å². The number of benzene rings is 2. The normalized spacial score (nSPS) is 11.8. The van der Waals surface area contributed by atoms with Crippen LogP contribution in [0.3, 0.4) is 0 Å². The van der Waals surface area contributed by atoms with Crippen LogP contribution in [0, 0.1) is 13.8 Å². The molecule has 22 heavy (non-hydrogen) atoms. The molecule has 0 saturated heterocycles. The first-order chi connectivity index (χ1) is 10.4. The predicted octanol–water partition coefficient (Wildman–Crippen LogP) is 4.21. The second kappa shape index (κ2) is 7.32. The van der Waals surface area contributed by atoms with E-state index in [2.05, 4.69) is 11.4 Å². The Balaban J connectivity index is 1.88. The number of amides is 1. The van der Waals surface area contributed by atoms with Crippen molar-refractivity contribution in [2.24, 2.45) is 0 Å². The molecule has 0 aliphatic carbocycles. The van der Waals surface area contributed by atoms with Crippen molar-refractivity contribution in [3.05, 3.63) is 64.2 Å². The maximum Gasteiger partial charge on any atom is 0.258 e. The van der Waals surface area contributed by atoms with E-state index in [1.54, 1.807) is 0 Å². The number of ether oxygens (including phenoxy) is 1. The zero-order valence-corrected chi connectivity index (χ0v) is 13.8. The van der Waals surface area contributed by atoms with Crippen LogP contribution in [0.15, 0.2) is 42.5 Å². The number of nitrogens with one attached hydrogen (secondary N) is 1. The number of hydrogen-bond donors (Lipinski definition) is 1. The molecule has 0 saturated carbocycles. The van der Waals surface area contributed by atoms with Crippen molar-refractivity contribution in [2.75, 3.05) is 6.61 Å². The molecule has 0 fully saturated rings. The summed E-state index contributed by atoms with van der Waals surface area (Å²) in [6, 6.07) is 13.2. The molecule has 1 N–H and O–H groups in total. The summed E-state index contributed by atoms with van der Waals surface area (Å²) in [6.45, 7) is 5.93. The van der Waals surface area contributed by atoms with Gasteiger partial charge in [0.1, 0.15) is 5.75 Å². The molecule has 0 aliphatic heterocycles. The van der Waals surface area contributed by atoms with Gasteiger partial charge in [0.15, 0.2) is 6.61 Å². The van der Waals surface area contributed by atoms with Crippen molar-refractivity contribution in [3.8, 4) is 5.75 Å². The van der Waals surface area contributed by atoms with Crippen LogP contribution in [0.4, 0.5) is 0 Å². The highest BCUT2D eigenvalue weighted by atomic mass is 35.5. The minimum Gasteiger partial charge on any atom is -0.484 e. The van der Waals surface area contributed by atoms with Crippen LogP contribution < -0.4 is 10.1 Å². The summed E-state index contributed by atoms with van der Waals surface area (Å²) in [7, 11) is 0. The van der Waals surface area contributed by atoms with E-state index in [-0.39, 0.29) is 18.6 Å². The van der Waals surface area contributed by atoms with Gasteiger partial charge in [-0.3, -0.25) is 4.79 Å². The zero-order chi connectivity index (χ0) is 16.1. The fourth-order valence-corrected chi connectivity index (χ4v) is 2.41. The summed E-state index contributed by atoms with van der Waals surface area (Å²) in [5, 5.41) is 3.59. The van der Waals surface area contributed by atoms with Crippen LogP contribution in [0.25, 0.3) is 0 Å². The molecule has 116 valence electrons. The van der Waals surface area contributed by atoms with Gasteiger partial charge >= 0.3 is 0 Å². The van der Waals surface area contributed by atoms with Gasteiger partial charge in [0.2, 0.25) is 0 Å². The van der Waals surface area contributed by atoms with Gasteiger partial charge in [-0.2, -0.15) is 0 Å². The lowest BCUT2D eigenvalue weighted by atomic mass is 10.1. The van der Waals surface area contributed by atoms with Gasteiger partial charge in [-0.05, 0) is 61.7 Å². The molecule has 0 radical (unpaired) electrons. The van der Waals surface area contributed by atoms with Gasteiger partial charge in [-0.15, -0.1) is 0 Å². The molecule has 2 aromatic carbocycles. The lowest BCUT2D eigenvalue weighted by Gasteiger charge is -2.15. The molecule has 3 nitrogen and oxygen atoms in total. The summed E-state index contributed by atoms with van der Waals surface area (Å²) in [4.78, 5) is 12.0. The lowest BCUT2D eigenvalue weighted by Crippen LogP contribution is -2.31. The molecule has 1 atom stereocenters. The van der Waals surface area contributed by atoms with Crippen LogP contribution >= 0.6 is 11.6 Å². The first-order valence-corrected chi connectivity index (χ1v) is 7.58. The van der Waals surface area contributed by atoms with E-state index >= 15 is 0 Å². The third kappa shape index (κ3) is 4.78. The molecule has 0 heterocycles. The zero-order valence-electron chi connectivity index (χ0n) is 13.0. The van der Waals surface area contributed by atoms with E-state index in [4.69, 9.17) is 16.3 Å². The maximum absolute atomic E-state index is 12.0. The second-order valence-electron chi connectivity index (χ2n) is 5.45. The number of rotatable bonds is 5. The standard InChI is InChI=1S/C18H20ClNO2/c1-12-8-13(2)10-17(9-12)22-11-18(21)20-14(3)15-4-6-16(19)7-5-15/h4-10,14H,11H2,1-3H3,(H,20,21)/t14-/m1/s1. The third-order valence-electron chi connectivity index (χ3n) is 3.31. The summed E-state index contributed by atoms with van der Waals surface area (Å²) in [6.07, 6.45) is 0. The molecule has 0 spiro atoms. The molecule has 0 bridgehead atoms. The third-order valence-corrected chi connectivity index (χ3v) is 3.56. The molecule has 0 aliphatic rings. The topological polar surface area (TPSA) is 38.3 Å². The summed E-state index contributed by atoms with van der Waals surface area (Å²) in [5.41, 5.74) is 3.24. The van der Waals surface area contributed by atoms with Crippen molar-refractivity contribution < 1.29 is 9.53 Å². The minimum absolute atomic E-state index is 0.000817. The second-order valence-corrected chi connectivity index (χ2v) is 5.89. The number of aryl methyl sites for hydroxylation is 2. The van der Waals surface area contributed by atoms with Crippen LogP contribution in [0.2, 0.25) is 5.02 Å². The van der Waals surface area contributed by atoms with E-state index in [1.165, 1.54) is 0 Å². The molecular formula is C18H20ClNO2. The Bertz CT molecular complexity index is 632. The van der Waals surface area contributed by atoms with Gasteiger partial charge < -0.3 is 10.1 Å². The highest BCUT2D eigenvalue weighted by Gasteiger charge is 2.10.